The molecule has 6 nitrogen and oxygen atoms in total. The molecule has 0 aromatic heterocycles. The van der Waals surface area contributed by atoms with E-state index in [-0.39, 0.29) is 21.8 Å². The van der Waals surface area contributed by atoms with Crippen LogP contribution in [0.2, 0.25) is 5.02 Å². The number of amides is 1. The first-order valence-corrected chi connectivity index (χ1v) is 5.60. The van der Waals surface area contributed by atoms with Gasteiger partial charge in [-0.05, 0) is 32.9 Å². The van der Waals surface area contributed by atoms with E-state index in [9.17, 15) is 14.9 Å². The van der Waals surface area contributed by atoms with E-state index in [0.29, 0.717) is 0 Å². The number of nitrogens with zero attached hydrogens (tertiary/aromatic N) is 1. The molecule has 0 unspecified atom stereocenters. The van der Waals surface area contributed by atoms with Crippen LogP contribution >= 0.6 is 11.6 Å². The minimum atomic E-state index is -0.623. The van der Waals surface area contributed by atoms with Crippen molar-refractivity contribution < 1.29 is 9.72 Å². The quantitative estimate of drug-likeness (QED) is 0.652. The molecule has 98 valence electrons. The SMILES string of the molecule is CC(C)(C)NNC(=O)c1cc(Cl)ccc1[N+](=O)[O-]. The van der Waals surface area contributed by atoms with Gasteiger partial charge < -0.3 is 0 Å². The Hall–Kier alpha value is -1.66. The first kappa shape index (κ1) is 14.4. The molecule has 0 radical (unpaired) electrons. The van der Waals surface area contributed by atoms with Gasteiger partial charge in [0.25, 0.3) is 11.6 Å². The average molecular weight is 272 g/mol. The van der Waals surface area contributed by atoms with Crippen molar-refractivity contribution in [2.24, 2.45) is 0 Å². The number of rotatable bonds is 3. The van der Waals surface area contributed by atoms with Crippen LogP contribution in [0.15, 0.2) is 18.2 Å². The summed E-state index contributed by atoms with van der Waals surface area (Å²) in [6.07, 6.45) is 0. The lowest BCUT2D eigenvalue weighted by molar-refractivity contribution is -0.385. The number of hydrogen-bond donors (Lipinski definition) is 2. The van der Waals surface area contributed by atoms with Crippen molar-refractivity contribution in [2.75, 3.05) is 0 Å². The molecule has 0 spiro atoms. The molecule has 0 aliphatic rings. The molecule has 0 aliphatic heterocycles. The van der Waals surface area contributed by atoms with E-state index in [1.165, 1.54) is 18.2 Å². The van der Waals surface area contributed by atoms with Crippen molar-refractivity contribution in [3.05, 3.63) is 38.9 Å². The maximum absolute atomic E-state index is 11.8. The number of halogens is 1. The Kier molecular flexibility index (Phi) is 4.26. The molecule has 0 heterocycles. The summed E-state index contributed by atoms with van der Waals surface area (Å²) in [4.78, 5) is 22.0. The van der Waals surface area contributed by atoms with E-state index in [4.69, 9.17) is 11.6 Å². The number of carbonyl (C=O) groups is 1. The number of hydrazine groups is 1. The Balaban J connectivity index is 2.97. The molecular weight excluding hydrogens is 258 g/mol. The third-order valence-corrected chi connectivity index (χ3v) is 2.19. The van der Waals surface area contributed by atoms with Gasteiger partial charge in [-0.25, -0.2) is 5.43 Å². The van der Waals surface area contributed by atoms with Gasteiger partial charge in [-0.15, -0.1) is 0 Å². The topological polar surface area (TPSA) is 84.3 Å². The van der Waals surface area contributed by atoms with E-state index in [1.807, 2.05) is 20.8 Å². The number of nitro benzene ring substituents is 1. The van der Waals surface area contributed by atoms with Crippen LogP contribution in [0.3, 0.4) is 0 Å². The zero-order valence-electron chi connectivity index (χ0n) is 10.3. The van der Waals surface area contributed by atoms with E-state index in [2.05, 4.69) is 10.9 Å². The summed E-state index contributed by atoms with van der Waals surface area (Å²) in [7, 11) is 0. The lowest BCUT2D eigenvalue weighted by Crippen LogP contribution is -2.48. The van der Waals surface area contributed by atoms with Crippen molar-refractivity contribution in [3.8, 4) is 0 Å². The highest BCUT2D eigenvalue weighted by Gasteiger charge is 2.21. The summed E-state index contributed by atoms with van der Waals surface area (Å²) in [5.41, 5.74) is 4.44. The van der Waals surface area contributed by atoms with Crippen molar-refractivity contribution in [1.82, 2.24) is 10.9 Å². The predicted octanol–water partition coefficient (Wildman–Crippen LogP) is 2.28. The van der Waals surface area contributed by atoms with Gasteiger partial charge in [-0.1, -0.05) is 11.6 Å². The van der Waals surface area contributed by atoms with Gasteiger partial charge in [0.15, 0.2) is 0 Å². The standard InChI is InChI=1S/C11H14ClN3O3/c1-11(2,3)14-13-10(16)8-6-7(12)4-5-9(8)15(17)18/h4-6,14H,1-3H3,(H,13,16). The molecular formula is C11H14ClN3O3. The number of nitro groups is 1. The van der Waals surface area contributed by atoms with Gasteiger partial charge in [-0.2, -0.15) is 0 Å². The molecule has 0 aliphatic carbocycles. The fraction of sp³-hybridized carbons (Fsp3) is 0.364. The molecule has 1 rings (SSSR count). The van der Waals surface area contributed by atoms with Crippen LogP contribution in [-0.4, -0.2) is 16.4 Å². The molecule has 18 heavy (non-hydrogen) atoms. The molecule has 2 N–H and O–H groups in total. The van der Waals surface area contributed by atoms with Crippen molar-refractivity contribution in [3.63, 3.8) is 0 Å². The average Bonchev–Trinajstić information content (AvgIpc) is 2.24. The smallest absolute Gasteiger partial charge is 0.282 e. The molecule has 1 aromatic rings. The largest absolute Gasteiger partial charge is 0.287 e. The van der Waals surface area contributed by atoms with Crippen LogP contribution < -0.4 is 10.9 Å². The monoisotopic (exact) mass is 271 g/mol. The second-order valence-electron chi connectivity index (χ2n) is 4.75. The molecule has 0 bridgehead atoms. The van der Waals surface area contributed by atoms with Crippen LogP contribution in [0.5, 0.6) is 0 Å². The van der Waals surface area contributed by atoms with Crippen LogP contribution in [0.1, 0.15) is 31.1 Å². The highest BCUT2D eigenvalue weighted by atomic mass is 35.5. The Labute approximate surface area is 109 Å². The number of benzene rings is 1. The van der Waals surface area contributed by atoms with Gasteiger partial charge in [0.1, 0.15) is 5.56 Å². The van der Waals surface area contributed by atoms with Crippen LogP contribution in [0, 0.1) is 10.1 Å². The van der Waals surface area contributed by atoms with Crippen LogP contribution in [-0.2, 0) is 0 Å². The lowest BCUT2D eigenvalue weighted by Gasteiger charge is -2.20. The van der Waals surface area contributed by atoms with Crippen LogP contribution in [0.25, 0.3) is 0 Å². The first-order chi connectivity index (χ1) is 8.20. The second kappa shape index (κ2) is 5.32. The fourth-order valence-corrected chi connectivity index (χ4v) is 1.33. The van der Waals surface area contributed by atoms with Gasteiger partial charge in [0, 0.05) is 16.6 Å². The maximum Gasteiger partial charge on any atom is 0.282 e. The molecule has 7 heteroatoms. The second-order valence-corrected chi connectivity index (χ2v) is 5.18. The normalized spacial score (nSPS) is 11.1. The van der Waals surface area contributed by atoms with Gasteiger partial charge in [0.2, 0.25) is 0 Å². The Morgan fingerprint density at radius 2 is 2.00 bits per heavy atom. The fourth-order valence-electron chi connectivity index (χ4n) is 1.16. The molecule has 0 fully saturated rings. The minimum Gasteiger partial charge on any atom is -0.287 e. The number of hydrogen-bond acceptors (Lipinski definition) is 4. The molecule has 0 atom stereocenters. The third kappa shape index (κ3) is 3.97. The lowest BCUT2D eigenvalue weighted by atomic mass is 10.1. The molecule has 0 saturated heterocycles. The number of carbonyl (C=O) groups excluding carboxylic acids is 1. The van der Waals surface area contributed by atoms with Crippen LogP contribution in [0.4, 0.5) is 5.69 Å². The minimum absolute atomic E-state index is 0.0794. The predicted molar refractivity (Wildman–Crippen MR) is 68.5 cm³/mol. The molecule has 1 amide bonds. The Bertz CT molecular complexity index is 483. The van der Waals surface area contributed by atoms with Gasteiger partial charge in [0.05, 0.1) is 4.92 Å². The van der Waals surface area contributed by atoms with Gasteiger partial charge in [-0.3, -0.25) is 20.3 Å². The summed E-state index contributed by atoms with van der Waals surface area (Å²) in [5, 5.41) is 11.1. The van der Waals surface area contributed by atoms with E-state index >= 15 is 0 Å². The van der Waals surface area contributed by atoms with Crippen molar-refractivity contribution in [1.29, 1.82) is 0 Å². The first-order valence-electron chi connectivity index (χ1n) is 5.22. The Morgan fingerprint density at radius 1 is 1.39 bits per heavy atom. The Morgan fingerprint density at radius 3 is 2.50 bits per heavy atom. The summed E-state index contributed by atoms with van der Waals surface area (Å²) >= 11 is 5.73. The van der Waals surface area contributed by atoms with E-state index in [0.717, 1.165) is 0 Å². The summed E-state index contributed by atoms with van der Waals surface area (Å²) < 4.78 is 0. The van der Waals surface area contributed by atoms with Crippen molar-refractivity contribution >= 4 is 23.2 Å². The van der Waals surface area contributed by atoms with Crippen molar-refractivity contribution in [2.45, 2.75) is 26.3 Å². The highest BCUT2D eigenvalue weighted by molar-refractivity contribution is 6.31. The third-order valence-electron chi connectivity index (χ3n) is 1.95. The summed E-state index contributed by atoms with van der Waals surface area (Å²) in [6.45, 7) is 5.54. The zero-order chi connectivity index (χ0) is 13.9. The van der Waals surface area contributed by atoms with Gasteiger partial charge >= 0.3 is 0 Å². The maximum atomic E-state index is 11.8. The highest BCUT2D eigenvalue weighted by Crippen LogP contribution is 2.22. The molecule has 1 aromatic carbocycles. The zero-order valence-corrected chi connectivity index (χ0v) is 11.0. The van der Waals surface area contributed by atoms with E-state index in [1.54, 1.807) is 0 Å². The number of nitrogens with one attached hydrogen (secondary N) is 2. The summed E-state index contributed by atoms with van der Waals surface area (Å²) in [6, 6.07) is 3.83. The van der Waals surface area contributed by atoms with E-state index < -0.39 is 10.8 Å². The molecule has 0 saturated carbocycles. The summed E-state index contributed by atoms with van der Waals surface area (Å²) in [5.74, 6) is -0.598.